The number of rotatable bonds is 11. The second-order valence-corrected chi connectivity index (χ2v) is 8.54. The number of aromatic nitrogens is 4. The maximum Gasteiger partial charge on any atom is 0.222 e. The summed E-state index contributed by atoms with van der Waals surface area (Å²) < 4.78 is 7.58. The average Bonchev–Trinajstić information content (AvgIpc) is 3.15. The van der Waals surface area contributed by atoms with E-state index >= 15 is 0 Å². The number of methoxy groups -OCH3 is 1. The second-order valence-electron chi connectivity index (χ2n) is 8.54. The molecule has 3 aromatic rings. The van der Waals surface area contributed by atoms with Gasteiger partial charge in [0.2, 0.25) is 5.95 Å². The normalized spacial score (nSPS) is 14.6. The first-order valence-electron chi connectivity index (χ1n) is 11.4. The van der Waals surface area contributed by atoms with Crippen molar-refractivity contribution in [3.63, 3.8) is 0 Å². The summed E-state index contributed by atoms with van der Waals surface area (Å²) in [6.07, 6.45) is 4.08. The van der Waals surface area contributed by atoms with Gasteiger partial charge in [0.25, 0.3) is 0 Å². The number of likely N-dealkylation sites (tertiary alicyclic amines) is 1. The molecule has 0 bridgehead atoms. The van der Waals surface area contributed by atoms with Crippen molar-refractivity contribution in [3.8, 4) is 5.75 Å². The van der Waals surface area contributed by atoms with Crippen LogP contribution >= 0.6 is 0 Å². The molecule has 2 aromatic heterocycles. The molecule has 4 N–H and O–H groups in total. The van der Waals surface area contributed by atoms with Gasteiger partial charge in [0, 0.05) is 38.3 Å². The molecule has 0 unspecified atom stereocenters. The largest absolute Gasteiger partial charge is 0.496 e. The highest BCUT2D eigenvalue weighted by atomic mass is 16.5. The fourth-order valence-corrected chi connectivity index (χ4v) is 4.24. The van der Waals surface area contributed by atoms with Crippen LogP contribution in [-0.2, 0) is 13.1 Å². The van der Waals surface area contributed by atoms with Crippen LogP contribution in [0.4, 0.5) is 11.8 Å². The van der Waals surface area contributed by atoms with Gasteiger partial charge in [-0.1, -0.05) is 25.5 Å². The number of unbranched alkanes of at least 4 members (excludes halogenated alkanes) is 1. The van der Waals surface area contributed by atoms with Crippen LogP contribution in [0.5, 0.6) is 5.75 Å². The molecule has 0 radical (unpaired) electrons. The minimum Gasteiger partial charge on any atom is -0.496 e. The lowest BCUT2D eigenvalue weighted by Crippen LogP contribution is -2.49. The Morgan fingerprint density at radius 3 is 2.81 bits per heavy atom. The van der Waals surface area contributed by atoms with Crippen LogP contribution in [0.25, 0.3) is 11.0 Å². The summed E-state index contributed by atoms with van der Waals surface area (Å²) in [6, 6.07) is 6.45. The topological polar surface area (TPSA) is 106 Å². The van der Waals surface area contributed by atoms with Crippen molar-refractivity contribution in [1.29, 1.82) is 0 Å². The van der Waals surface area contributed by atoms with Crippen molar-refractivity contribution in [3.05, 3.63) is 35.5 Å². The summed E-state index contributed by atoms with van der Waals surface area (Å²) >= 11 is 0. The molecule has 0 saturated carbocycles. The first kappa shape index (κ1) is 22.3. The zero-order valence-electron chi connectivity index (χ0n) is 19.3. The van der Waals surface area contributed by atoms with Gasteiger partial charge in [0.05, 0.1) is 19.9 Å². The quantitative estimate of drug-likeness (QED) is 0.392. The number of benzene rings is 1. The van der Waals surface area contributed by atoms with E-state index in [0.717, 1.165) is 73.8 Å². The molecule has 3 heterocycles. The molecule has 0 atom stereocenters. The predicted octanol–water partition coefficient (Wildman–Crippen LogP) is 2.33. The maximum absolute atomic E-state index is 5.91. The van der Waals surface area contributed by atoms with E-state index in [1.807, 2.05) is 17.9 Å². The minimum atomic E-state index is 0.251. The standard InChI is InChI=1S/C23H34N8O/c1-4-5-8-26-22-21-19(27-23(24)28-22)15-31(29-21)14-18-7-6-16(9-20(18)32-3)11-30-12-17(13-30)10-25-2/h6-7,9,15,17,25H,4-5,8,10-14H2,1-3H3,(H3,24,26,27,28). The number of hydrogen-bond donors (Lipinski definition) is 3. The number of nitrogen functional groups attached to an aromatic ring is 1. The molecule has 0 amide bonds. The Bertz CT molecular complexity index is 1040. The van der Waals surface area contributed by atoms with Crippen LogP contribution in [0.2, 0.25) is 0 Å². The summed E-state index contributed by atoms with van der Waals surface area (Å²) in [5.41, 5.74) is 9.72. The van der Waals surface area contributed by atoms with Gasteiger partial charge in [-0.25, -0.2) is 4.98 Å². The van der Waals surface area contributed by atoms with Crippen molar-refractivity contribution in [1.82, 2.24) is 30.0 Å². The molecule has 1 aliphatic rings. The molecular weight excluding hydrogens is 404 g/mol. The van der Waals surface area contributed by atoms with Gasteiger partial charge in [-0.3, -0.25) is 9.58 Å². The lowest BCUT2D eigenvalue weighted by atomic mass is 9.99. The van der Waals surface area contributed by atoms with Crippen molar-refractivity contribution >= 4 is 22.8 Å². The highest BCUT2D eigenvalue weighted by molar-refractivity contribution is 5.85. The summed E-state index contributed by atoms with van der Waals surface area (Å²) in [4.78, 5) is 11.2. The molecule has 1 saturated heterocycles. The van der Waals surface area contributed by atoms with E-state index < -0.39 is 0 Å². The number of fused-ring (bicyclic) bond motifs is 1. The van der Waals surface area contributed by atoms with Crippen molar-refractivity contribution < 1.29 is 4.74 Å². The van der Waals surface area contributed by atoms with Gasteiger partial charge in [-0.2, -0.15) is 10.1 Å². The Kier molecular flexibility index (Phi) is 7.06. The van der Waals surface area contributed by atoms with Crippen molar-refractivity contribution in [2.75, 3.05) is 51.4 Å². The number of ether oxygens (including phenoxy) is 1. The monoisotopic (exact) mass is 438 g/mol. The first-order valence-corrected chi connectivity index (χ1v) is 11.4. The zero-order chi connectivity index (χ0) is 22.5. The van der Waals surface area contributed by atoms with E-state index in [4.69, 9.17) is 15.6 Å². The molecule has 1 aliphatic heterocycles. The molecule has 32 heavy (non-hydrogen) atoms. The molecule has 1 aromatic carbocycles. The molecular formula is C23H34N8O. The van der Waals surface area contributed by atoms with Crippen LogP contribution in [0.15, 0.2) is 24.4 Å². The van der Waals surface area contributed by atoms with E-state index in [1.165, 1.54) is 5.56 Å². The molecule has 172 valence electrons. The highest BCUT2D eigenvalue weighted by Crippen LogP contribution is 2.26. The Morgan fingerprint density at radius 2 is 2.06 bits per heavy atom. The van der Waals surface area contributed by atoms with Gasteiger partial charge in [0.15, 0.2) is 11.3 Å². The van der Waals surface area contributed by atoms with Gasteiger partial charge in [0.1, 0.15) is 11.3 Å². The Balaban J connectivity index is 1.47. The van der Waals surface area contributed by atoms with Crippen LogP contribution in [-0.4, -0.2) is 65.0 Å². The predicted molar refractivity (Wildman–Crippen MR) is 128 cm³/mol. The van der Waals surface area contributed by atoms with Crippen molar-refractivity contribution in [2.45, 2.75) is 32.9 Å². The molecule has 0 spiro atoms. The number of anilines is 2. The lowest BCUT2D eigenvalue weighted by Gasteiger charge is -2.39. The summed E-state index contributed by atoms with van der Waals surface area (Å²) in [6.45, 7) is 7.89. The maximum atomic E-state index is 5.91. The Morgan fingerprint density at radius 1 is 1.22 bits per heavy atom. The Hall–Kier alpha value is -2.91. The summed E-state index contributed by atoms with van der Waals surface area (Å²) in [7, 11) is 3.73. The van der Waals surface area contributed by atoms with Crippen molar-refractivity contribution in [2.24, 2.45) is 5.92 Å². The zero-order valence-corrected chi connectivity index (χ0v) is 19.3. The highest BCUT2D eigenvalue weighted by Gasteiger charge is 2.25. The second kappa shape index (κ2) is 10.1. The van der Waals surface area contributed by atoms with Crippen LogP contribution in [0.3, 0.4) is 0 Å². The van der Waals surface area contributed by atoms with Gasteiger partial charge >= 0.3 is 0 Å². The van der Waals surface area contributed by atoms with Crippen LogP contribution < -0.4 is 21.1 Å². The molecule has 0 aliphatic carbocycles. The number of nitrogens with one attached hydrogen (secondary N) is 2. The van der Waals surface area contributed by atoms with Gasteiger partial charge < -0.3 is 21.1 Å². The lowest BCUT2D eigenvalue weighted by molar-refractivity contribution is 0.0931. The molecule has 9 heteroatoms. The third-order valence-electron chi connectivity index (χ3n) is 5.87. The molecule has 9 nitrogen and oxygen atoms in total. The molecule has 1 fully saturated rings. The van der Waals surface area contributed by atoms with E-state index in [-0.39, 0.29) is 5.95 Å². The average molecular weight is 439 g/mol. The van der Waals surface area contributed by atoms with E-state index in [9.17, 15) is 0 Å². The van der Waals surface area contributed by atoms with Crippen LogP contribution in [0.1, 0.15) is 30.9 Å². The fraction of sp³-hybridized carbons (Fsp3) is 0.522. The van der Waals surface area contributed by atoms with E-state index in [1.54, 1.807) is 7.11 Å². The third kappa shape index (κ3) is 5.11. The van der Waals surface area contributed by atoms with Crippen LogP contribution in [0, 0.1) is 5.92 Å². The summed E-state index contributed by atoms with van der Waals surface area (Å²) in [5, 5.41) is 11.3. The Labute approximate surface area is 189 Å². The van der Waals surface area contributed by atoms with E-state index in [0.29, 0.717) is 12.4 Å². The fourth-order valence-electron chi connectivity index (χ4n) is 4.24. The smallest absolute Gasteiger partial charge is 0.222 e. The van der Waals surface area contributed by atoms with Gasteiger partial charge in [-0.05, 0) is 31.0 Å². The third-order valence-corrected chi connectivity index (χ3v) is 5.87. The number of hydrogen-bond acceptors (Lipinski definition) is 8. The number of nitrogens with two attached hydrogens (primary N) is 1. The summed E-state index contributed by atoms with van der Waals surface area (Å²) in [5.74, 6) is 2.57. The number of nitrogens with zero attached hydrogens (tertiary/aromatic N) is 5. The van der Waals surface area contributed by atoms with Gasteiger partial charge in [-0.15, -0.1) is 0 Å². The van der Waals surface area contributed by atoms with E-state index in [2.05, 4.69) is 50.6 Å². The minimum absolute atomic E-state index is 0.251. The first-order chi connectivity index (χ1) is 15.6. The molecule has 4 rings (SSSR count). The SMILES string of the molecule is CCCCNc1nc(N)nc2cn(Cc3ccc(CN4CC(CNC)C4)cc3OC)nc12.